The first-order chi connectivity index (χ1) is 14.2. The Morgan fingerprint density at radius 3 is 2.77 bits per heavy atom. The lowest BCUT2D eigenvalue weighted by atomic mass is 9.75. The Morgan fingerprint density at radius 2 is 2.00 bits per heavy atom. The highest BCUT2D eigenvalue weighted by atomic mass is 19.4. The van der Waals surface area contributed by atoms with Crippen LogP contribution in [0.15, 0.2) is 41.2 Å². The van der Waals surface area contributed by atoms with Gasteiger partial charge in [0.15, 0.2) is 5.58 Å². The fraction of sp³-hybridized carbons (Fsp3) is 0.350. The highest BCUT2D eigenvalue weighted by Gasteiger charge is 2.44. The van der Waals surface area contributed by atoms with Gasteiger partial charge in [0.2, 0.25) is 5.88 Å². The molecule has 7 nitrogen and oxygen atoms in total. The molecule has 3 atom stereocenters. The van der Waals surface area contributed by atoms with Gasteiger partial charge in [-0.05, 0) is 48.9 Å². The maximum Gasteiger partial charge on any atom is 0.391 e. The van der Waals surface area contributed by atoms with E-state index in [2.05, 4.69) is 15.3 Å². The maximum atomic E-state index is 13.3. The average Bonchev–Trinajstić information content (AvgIpc) is 3.03. The number of hydrogen-bond donors (Lipinski definition) is 3. The Balaban J connectivity index is 1.64. The summed E-state index contributed by atoms with van der Waals surface area (Å²) in [5, 5.41) is 2.71. The Morgan fingerprint density at radius 1 is 1.20 bits per heavy atom. The highest BCUT2D eigenvalue weighted by molar-refractivity contribution is 6.14. The number of halogens is 3. The molecule has 0 aromatic carbocycles. The van der Waals surface area contributed by atoms with Crippen molar-refractivity contribution in [1.82, 2.24) is 9.97 Å². The van der Waals surface area contributed by atoms with Crippen molar-refractivity contribution in [2.45, 2.75) is 37.4 Å². The minimum Gasteiger partial charge on any atom is -0.438 e. The number of carbonyl (C=O) groups is 1. The zero-order valence-corrected chi connectivity index (χ0v) is 15.8. The first-order valence-electron chi connectivity index (χ1n) is 9.44. The number of hydrogen-bond acceptors (Lipinski definition) is 6. The van der Waals surface area contributed by atoms with E-state index in [1.807, 2.05) is 0 Å². The third kappa shape index (κ3) is 3.82. The minimum atomic E-state index is -4.32. The van der Waals surface area contributed by atoms with Crippen LogP contribution < -0.4 is 16.8 Å². The van der Waals surface area contributed by atoms with E-state index in [9.17, 15) is 18.0 Å². The van der Waals surface area contributed by atoms with Crippen LogP contribution in [-0.4, -0.2) is 28.1 Å². The SMILES string of the molecule is Nc1oc2cccnc2c1C(=O)Nc1cnccc1[C@H]1C[C@@H](N)C[C@@H](C(F)(F)F)C1. The number of alkyl halides is 3. The molecule has 4 rings (SSSR count). The predicted octanol–water partition coefficient (Wildman–Crippen LogP) is 3.83. The molecule has 5 N–H and O–H groups in total. The molecule has 0 spiro atoms. The third-order valence-corrected chi connectivity index (χ3v) is 5.45. The molecule has 1 saturated carbocycles. The summed E-state index contributed by atoms with van der Waals surface area (Å²) < 4.78 is 45.3. The summed E-state index contributed by atoms with van der Waals surface area (Å²) in [6.45, 7) is 0. The largest absolute Gasteiger partial charge is 0.438 e. The smallest absolute Gasteiger partial charge is 0.391 e. The Bertz CT molecular complexity index is 1080. The summed E-state index contributed by atoms with van der Waals surface area (Å²) in [5.74, 6) is -2.62. The van der Waals surface area contributed by atoms with Crippen molar-refractivity contribution < 1.29 is 22.4 Å². The number of aromatic nitrogens is 2. The van der Waals surface area contributed by atoms with Gasteiger partial charge in [-0.25, -0.2) is 0 Å². The normalized spacial score (nSPS) is 22.2. The van der Waals surface area contributed by atoms with Gasteiger partial charge < -0.3 is 21.2 Å². The molecule has 3 aromatic heterocycles. The van der Waals surface area contributed by atoms with E-state index in [1.165, 1.54) is 18.6 Å². The van der Waals surface area contributed by atoms with E-state index >= 15 is 0 Å². The van der Waals surface area contributed by atoms with E-state index in [0.29, 0.717) is 28.8 Å². The molecule has 0 radical (unpaired) electrons. The van der Waals surface area contributed by atoms with Gasteiger partial charge in [-0.15, -0.1) is 0 Å². The Kier molecular flexibility index (Phi) is 5.10. The van der Waals surface area contributed by atoms with Crippen molar-refractivity contribution >= 4 is 28.6 Å². The number of fused-ring (bicyclic) bond motifs is 1. The second-order valence-electron chi connectivity index (χ2n) is 7.51. The average molecular weight is 419 g/mol. The van der Waals surface area contributed by atoms with Crippen LogP contribution in [0.2, 0.25) is 0 Å². The van der Waals surface area contributed by atoms with Gasteiger partial charge in [-0.3, -0.25) is 14.8 Å². The zero-order valence-electron chi connectivity index (χ0n) is 15.8. The molecular weight excluding hydrogens is 399 g/mol. The lowest BCUT2D eigenvalue weighted by Gasteiger charge is -2.35. The summed E-state index contributed by atoms with van der Waals surface area (Å²) in [6, 6.07) is 4.31. The number of pyridine rings is 2. The van der Waals surface area contributed by atoms with Crippen LogP contribution >= 0.6 is 0 Å². The molecular formula is C20H20F3N5O2. The van der Waals surface area contributed by atoms with Crippen molar-refractivity contribution in [3.8, 4) is 0 Å². The predicted molar refractivity (Wildman–Crippen MR) is 105 cm³/mol. The van der Waals surface area contributed by atoms with E-state index in [1.54, 1.807) is 18.2 Å². The molecule has 0 saturated heterocycles. The molecule has 3 heterocycles. The lowest BCUT2D eigenvalue weighted by molar-refractivity contribution is -0.184. The number of nitrogens with zero attached hydrogens (tertiary/aromatic N) is 2. The molecule has 0 bridgehead atoms. The van der Waals surface area contributed by atoms with Crippen molar-refractivity contribution in [3.63, 3.8) is 0 Å². The fourth-order valence-corrected chi connectivity index (χ4v) is 4.10. The van der Waals surface area contributed by atoms with E-state index in [0.717, 1.165) is 0 Å². The van der Waals surface area contributed by atoms with Gasteiger partial charge in [0.1, 0.15) is 11.1 Å². The van der Waals surface area contributed by atoms with Gasteiger partial charge >= 0.3 is 6.18 Å². The topological polar surface area (TPSA) is 120 Å². The number of nitrogen functional groups attached to an aromatic ring is 1. The summed E-state index contributed by atoms with van der Waals surface area (Å²) in [4.78, 5) is 21.0. The monoisotopic (exact) mass is 419 g/mol. The van der Waals surface area contributed by atoms with Crippen molar-refractivity contribution in [2.24, 2.45) is 11.7 Å². The summed E-state index contributed by atoms with van der Waals surface area (Å²) in [5.41, 5.74) is 13.4. The summed E-state index contributed by atoms with van der Waals surface area (Å²) in [6.07, 6.45) is 0.266. The van der Waals surface area contributed by atoms with Crippen LogP contribution in [0, 0.1) is 5.92 Å². The molecule has 1 fully saturated rings. The number of rotatable bonds is 3. The molecule has 30 heavy (non-hydrogen) atoms. The van der Waals surface area contributed by atoms with Crippen molar-refractivity contribution in [1.29, 1.82) is 0 Å². The molecule has 0 unspecified atom stereocenters. The summed E-state index contributed by atoms with van der Waals surface area (Å²) >= 11 is 0. The number of furan rings is 1. The molecule has 0 aliphatic heterocycles. The van der Waals surface area contributed by atoms with Crippen molar-refractivity contribution in [2.75, 3.05) is 11.1 Å². The number of anilines is 2. The Labute approximate surface area is 169 Å². The van der Waals surface area contributed by atoms with Crippen LogP contribution in [0.5, 0.6) is 0 Å². The first-order valence-corrected chi connectivity index (χ1v) is 9.44. The van der Waals surface area contributed by atoms with Crippen LogP contribution in [0.25, 0.3) is 11.1 Å². The van der Waals surface area contributed by atoms with E-state index in [4.69, 9.17) is 15.9 Å². The lowest BCUT2D eigenvalue weighted by Crippen LogP contribution is -2.38. The third-order valence-electron chi connectivity index (χ3n) is 5.45. The molecule has 3 aromatic rings. The van der Waals surface area contributed by atoms with E-state index < -0.39 is 30.0 Å². The van der Waals surface area contributed by atoms with Crippen LogP contribution in [0.3, 0.4) is 0 Å². The van der Waals surface area contributed by atoms with Gasteiger partial charge in [0.25, 0.3) is 5.91 Å². The number of nitrogens with two attached hydrogens (primary N) is 2. The first kappa shape index (κ1) is 20.1. The van der Waals surface area contributed by atoms with Crippen LogP contribution in [-0.2, 0) is 0 Å². The van der Waals surface area contributed by atoms with Gasteiger partial charge in [-0.2, -0.15) is 13.2 Å². The minimum absolute atomic E-state index is 0.0638. The Hall–Kier alpha value is -3.14. The van der Waals surface area contributed by atoms with Crippen LogP contribution in [0.4, 0.5) is 24.7 Å². The molecule has 1 amide bonds. The van der Waals surface area contributed by atoms with Gasteiger partial charge in [-0.1, -0.05) is 0 Å². The quantitative estimate of drug-likeness (QED) is 0.593. The van der Waals surface area contributed by atoms with Crippen molar-refractivity contribution in [3.05, 3.63) is 47.9 Å². The van der Waals surface area contributed by atoms with Gasteiger partial charge in [0, 0.05) is 18.4 Å². The number of nitrogens with one attached hydrogen (secondary N) is 1. The van der Waals surface area contributed by atoms with Gasteiger partial charge in [0.05, 0.1) is 17.8 Å². The maximum absolute atomic E-state index is 13.3. The number of amides is 1. The molecule has 10 heteroatoms. The summed E-state index contributed by atoms with van der Waals surface area (Å²) in [7, 11) is 0. The second kappa shape index (κ2) is 7.60. The molecule has 1 aliphatic carbocycles. The fourth-order valence-electron chi connectivity index (χ4n) is 4.10. The standard InChI is InChI=1S/C20H20F3N5O2/c21-20(22,23)11-6-10(7-12(24)8-11)13-3-5-26-9-14(13)28-19(29)16-17-15(30-18(16)25)2-1-4-27-17/h1-5,9-12H,6-8,24-25H2,(H,28,29)/t10-,11+,12-/m1/s1. The van der Waals surface area contributed by atoms with E-state index in [-0.39, 0.29) is 24.3 Å². The highest BCUT2D eigenvalue weighted by Crippen LogP contribution is 2.44. The number of carbonyl (C=O) groups excluding carboxylic acids is 1. The van der Waals surface area contributed by atoms with Crippen LogP contribution in [0.1, 0.15) is 41.1 Å². The second-order valence-corrected chi connectivity index (χ2v) is 7.51. The molecule has 1 aliphatic rings. The zero-order chi connectivity index (χ0) is 21.5. The molecule has 158 valence electrons.